The molecule has 8 rings (SSSR count). The van der Waals surface area contributed by atoms with Gasteiger partial charge in [0.25, 0.3) is 35.0 Å². The summed E-state index contributed by atoms with van der Waals surface area (Å²) in [5.74, 6) is -0.702. The standard InChI is InChI=1S/C21H17Cl2N3O3.C12H9N3O3.C12H11N3O.C6H6N2O2.C2H6.4CH4.CH3.Pd/c1-13(29-17-5-6-18(22)19(23)12-17)20(27)25-15-3-2-4-16(11-15)26-21(28)14-7-9-24-10-8-14;16-12(9-4-6-13-7-5-9)14-10-2-1-3-11(8-10)15(17)18;13-10-2-1-3-11(8-10)15-12(16)9-4-6-14-7-5-9;7-5-2-1-3-6(4-5)8(9)10;1-2;;;;;;/h2-13H,1H3,(H,25,27)(H,26,28);1-8H,(H,14,16);1-8H,13H2,(H,15,16);1-4H,7H2;1-2H3;4*1H4;1H3;/q;;;;;;;;;-1;/t13-;;;;;;;;;;/m0........../s1. The van der Waals surface area contributed by atoms with Gasteiger partial charge in [0.05, 0.1) is 19.9 Å². The largest absolute Gasteiger partial charge is 0.481 e. The van der Waals surface area contributed by atoms with Crippen LogP contribution in [0, 0.1) is 27.7 Å². The third-order valence-electron chi connectivity index (χ3n) is 9.33. The molecule has 0 unspecified atom stereocenters. The van der Waals surface area contributed by atoms with Crippen LogP contribution in [0.2, 0.25) is 10.0 Å². The Morgan fingerprint density at radius 2 is 0.840 bits per heavy atom. The van der Waals surface area contributed by atoms with Crippen molar-refractivity contribution in [3.8, 4) is 5.75 Å². The van der Waals surface area contributed by atoms with E-state index in [1.165, 1.54) is 42.7 Å². The summed E-state index contributed by atoms with van der Waals surface area (Å²) in [5, 5.41) is 32.3. The number of carbonyl (C=O) groups excluding carboxylic acids is 4. The van der Waals surface area contributed by atoms with Crippen molar-refractivity contribution in [2.75, 3.05) is 32.7 Å². The van der Waals surface area contributed by atoms with Gasteiger partial charge >= 0.3 is 0 Å². The number of nitrogen functional groups attached to an aromatic ring is 2. The zero-order chi connectivity index (χ0) is 54.7. The molecule has 1 atom stereocenters. The van der Waals surface area contributed by atoms with E-state index >= 15 is 0 Å². The summed E-state index contributed by atoms with van der Waals surface area (Å²) >= 11 is 11.8. The second-order valence-electron chi connectivity index (χ2n) is 14.8. The van der Waals surface area contributed by atoms with Gasteiger partial charge in [-0.15, -0.1) is 0 Å². The molecule has 434 valence electrons. The number of pyridine rings is 3. The molecular weight excluding hydrogens is 1170 g/mol. The minimum atomic E-state index is -0.776. The Labute approximate surface area is 497 Å². The van der Waals surface area contributed by atoms with E-state index in [1.54, 1.807) is 153 Å². The molecule has 0 bridgehead atoms. The van der Waals surface area contributed by atoms with Crippen LogP contribution in [0.3, 0.4) is 0 Å². The van der Waals surface area contributed by atoms with Crippen molar-refractivity contribution in [1.82, 2.24) is 15.0 Å². The number of anilines is 6. The number of benzene rings is 5. The summed E-state index contributed by atoms with van der Waals surface area (Å²) in [6.07, 6.45) is 8.47. The summed E-state index contributed by atoms with van der Waals surface area (Å²) < 4.78 is 5.61. The van der Waals surface area contributed by atoms with Crippen LogP contribution < -0.4 is 37.5 Å². The zero-order valence-corrected chi connectivity index (χ0v) is 44.7. The molecule has 3 aromatic heterocycles. The number of halogens is 2. The van der Waals surface area contributed by atoms with Gasteiger partial charge in [0.15, 0.2) is 6.10 Å². The van der Waals surface area contributed by atoms with Gasteiger partial charge in [0.2, 0.25) is 0 Å². The molecule has 4 amide bonds. The molecule has 0 aliphatic carbocycles. The Bertz CT molecular complexity index is 3190. The molecular formula is C58H68Cl2N11O9Pd-. The van der Waals surface area contributed by atoms with Crippen LogP contribution in [-0.4, -0.2) is 54.5 Å². The van der Waals surface area contributed by atoms with Crippen molar-refractivity contribution in [2.45, 2.75) is 56.6 Å². The fourth-order valence-electron chi connectivity index (χ4n) is 5.80. The quantitative estimate of drug-likeness (QED) is 0.0218. The van der Waals surface area contributed by atoms with Crippen molar-refractivity contribution < 1.29 is 54.2 Å². The maximum absolute atomic E-state index is 12.4. The Hall–Kier alpha value is -9.13. The number of nitro groups is 2. The molecule has 0 fully saturated rings. The summed E-state index contributed by atoms with van der Waals surface area (Å²) in [4.78, 5) is 79.5. The first-order valence-corrected chi connectivity index (χ1v) is 23.1. The van der Waals surface area contributed by atoms with E-state index in [4.69, 9.17) is 39.4 Å². The molecule has 20 nitrogen and oxygen atoms in total. The molecule has 0 spiro atoms. The second kappa shape index (κ2) is 40.1. The van der Waals surface area contributed by atoms with E-state index in [9.17, 15) is 39.4 Å². The Morgan fingerprint density at radius 1 is 0.494 bits per heavy atom. The number of nitro benzene ring substituents is 2. The SMILES string of the molecule is C.C.C.C.CC.C[C@H](Oc1ccc(Cl)c(Cl)c1)C(=O)Nc1cccc(NC(=O)c2ccncc2)c1.Nc1cccc(NC(=O)c2ccncc2)c1.Nc1cccc([N+](=O)[O-])c1.O=C(Nc1cccc([N+](=O)[O-])c1)c1ccncc1.[CH3-].[Pd]. The molecule has 5 aromatic carbocycles. The first-order chi connectivity index (χ1) is 36.0. The minimum Gasteiger partial charge on any atom is -0.481 e. The number of carbonyl (C=O) groups is 4. The minimum absolute atomic E-state index is 0. The van der Waals surface area contributed by atoms with Crippen LogP contribution in [0.25, 0.3) is 0 Å². The molecule has 0 aliphatic rings. The van der Waals surface area contributed by atoms with Gasteiger partial charge < -0.3 is 44.9 Å². The Kier molecular flexibility index (Phi) is 37.7. The monoisotopic (exact) mass is 1240 g/mol. The maximum Gasteiger partial charge on any atom is 0.271 e. The Balaban J connectivity index is -0.00000102. The molecule has 81 heavy (non-hydrogen) atoms. The van der Waals surface area contributed by atoms with Gasteiger partial charge in [-0.1, -0.05) is 91.0 Å². The van der Waals surface area contributed by atoms with Crippen LogP contribution in [0.5, 0.6) is 5.75 Å². The van der Waals surface area contributed by atoms with E-state index < -0.39 is 16.0 Å². The van der Waals surface area contributed by atoms with Crippen LogP contribution in [0.15, 0.2) is 189 Å². The van der Waals surface area contributed by atoms with E-state index in [0.29, 0.717) is 66.6 Å². The molecule has 8 aromatic rings. The first kappa shape index (κ1) is 76.1. The summed E-state index contributed by atoms with van der Waals surface area (Å²) in [6.45, 7) is 5.62. The first-order valence-electron chi connectivity index (χ1n) is 22.3. The van der Waals surface area contributed by atoms with E-state index in [2.05, 4.69) is 36.2 Å². The zero-order valence-electron chi connectivity index (χ0n) is 41.6. The molecule has 0 radical (unpaired) electrons. The molecule has 0 aliphatic heterocycles. The van der Waals surface area contributed by atoms with Crippen LogP contribution >= 0.6 is 23.2 Å². The van der Waals surface area contributed by atoms with Gasteiger partial charge in [0, 0.05) is 139 Å². The van der Waals surface area contributed by atoms with Crippen molar-refractivity contribution in [3.05, 3.63) is 243 Å². The van der Waals surface area contributed by atoms with Crippen molar-refractivity contribution in [1.29, 1.82) is 0 Å². The van der Waals surface area contributed by atoms with Gasteiger partial charge in [-0.2, -0.15) is 0 Å². The van der Waals surface area contributed by atoms with Gasteiger partial charge in [0.1, 0.15) is 5.75 Å². The number of amides is 4. The number of hydrogen-bond donors (Lipinski definition) is 6. The number of ether oxygens (including phenoxy) is 1. The number of aromatic nitrogens is 3. The number of hydrogen-bond acceptors (Lipinski definition) is 14. The summed E-state index contributed by atoms with van der Waals surface area (Å²) in [5.41, 5.74) is 15.5. The number of nitrogens with one attached hydrogen (secondary N) is 4. The van der Waals surface area contributed by atoms with E-state index in [-0.39, 0.29) is 92.6 Å². The van der Waals surface area contributed by atoms with Gasteiger partial charge in [-0.05, 0) is 104 Å². The number of nitrogens with zero attached hydrogens (tertiary/aromatic N) is 5. The average molecular weight is 1240 g/mol. The van der Waals surface area contributed by atoms with Gasteiger partial charge in [-0.25, -0.2) is 0 Å². The van der Waals surface area contributed by atoms with Crippen molar-refractivity contribution in [3.63, 3.8) is 0 Å². The topological polar surface area (TPSA) is 303 Å². The Morgan fingerprint density at radius 3 is 1.22 bits per heavy atom. The maximum atomic E-state index is 12.4. The van der Waals surface area contributed by atoms with E-state index in [0.717, 1.165) is 0 Å². The van der Waals surface area contributed by atoms with Crippen LogP contribution in [0.1, 0.15) is 81.6 Å². The third-order valence-corrected chi connectivity index (χ3v) is 10.1. The average Bonchev–Trinajstić information content (AvgIpc) is 3.41. The smallest absolute Gasteiger partial charge is 0.271 e. The van der Waals surface area contributed by atoms with Crippen molar-refractivity contribution in [2.24, 2.45) is 0 Å². The number of rotatable bonds is 12. The normalized spacial score (nSPS) is 9.40. The van der Waals surface area contributed by atoms with E-state index in [1.807, 2.05) is 13.8 Å². The molecule has 23 heteroatoms. The van der Waals surface area contributed by atoms with Gasteiger partial charge in [-0.3, -0.25) is 54.4 Å². The summed E-state index contributed by atoms with van der Waals surface area (Å²) in [7, 11) is 0. The molecule has 0 saturated carbocycles. The number of non-ortho nitro benzene ring substituents is 2. The molecule has 8 N–H and O–H groups in total. The molecule has 0 saturated heterocycles. The predicted octanol–water partition coefficient (Wildman–Crippen LogP) is 14.4. The predicted molar refractivity (Wildman–Crippen MR) is 324 cm³/mol. The van der Waals surface area contributed by atoms with Crippen LogP contribution in [-0.2, 0) is 25.2 Å². The summed E-state index contributed by atoms with van der Waals surface area (Å²) in [6, 6.07) is 39.9. The van der Waals surface area contributed by atoms with Crippen LogP contribution in [0.4, 0.5) is 45.5 Å². The fraction of sp³-hybridized carbons (Fsp3) is 0.138. The second-order valence-corrected chi connectivity index (χ2v) is 15.6. The van der Waals surface area contributed by atoms with Crippen molar-refractivity contribution >= 4 is 92.3 Å². The third kappa shape index (κ3) is 26.9. The number of nitrogens with two attached hydrogens (primary N) is 2. The fourth-order valence-corrected chi connectivity index (χ4v) is 6.09. The molecule has 3 heterocycles.